The minimum Gasteiger partial charge on any atom is -0.459 e. The van der Waals surface area contributed by atoms with E-state index >= 15 is 0 Å². The second kappa shape index (κ2) is 10.1. The van der Waals surface area contributed by atoms with Crippen LogP contribution in [-0.2, 0) is 19.3 Å². The summed E-state index contributed by atoms with van der Waals surface area (Å²) in [4.78, 5) is 29.6. The number of halogens is 3. The zero-order valence-electron chi connectivity index (χ0n) is 18.5. The minimum atomic E-state index is -4.44. The zero-order valence-corrected chi connectivity index (χ0v) is 19.3. The van der Waals surface area contributed by atoms with Gasteiger partial charge in [0, 0.05) is 23.2 Å². The van der Waals surface area contributed by atoms with Gasteiger partial charge in [0.1, 0.15) is 0 Å². The Morgan fingerprint density at radius 2 is 1.83 bits per heavy atom. The molecule has 0 saturated carbocycles. The molecule has 180 valence electrons. The highest BCUT2D eigenvalue weighted by molar-refractivity contribution is 7.07. The molecular weight excluding hydrogens is 479 g/mol. The molecule has 0 fully saturated rings. The Labute approximate surface area is 202 Å². The van der Waals surface area contributed by atoms with Gasteiger partial charge in [-0.05, 0) is 54.4 Å². The van der Waals surface area contributed by atoms with Gasteiger partial charge in [-0.25, -0.2) is 0 Å². The second-order valence-corrected chi connectivity index (χ2v) is 8.56. The number of carbonyl (C=O) groups is 2. The van der Waals surface area contributed by atoms with Crippen molar-refractivity contribution in [3.05, 3.63) is 111 Å². The first kappa shape index (κ1) is 24.2. The van der Waals surface area contributed by atoms with Gasteiger partial charge in [0.05, 0.1) is 18.4 Å². The molecule has 10 heteroatoms. The van der Waals surface area contributed by atoms with Crippen LogP contribution in [0.1, 0.15) is 43.3 Å². The van der Waals surface area contributed by atoms with Gasteiger partial charge in [-0.3, -0.25) is 9.59 Å². The molecule has 0 radical (unpaired) electrons. The molecule has 0 aliphatic carbocycles. The highest BCUT2D eigenvalue weighted by Gasteiger charge is 2.30. The summed E-state index contributed by atoms with van der Waals surface area (Å²) in [6.45, 7) is 2.22. The van der Waals surface area contributed by atoms with Crippen molar-refractivity contribution in [2.24, 2.45) is 4.99 Å². The number of thiazole rings is 1. The van der Waals surface area contributed by atoms with Crippen LogP contribution in [0.25, 0.3) is 0 Å². The number of furan rings is 1. The standard InChI is InChI=1S/C25H20F3N3O3S/c1-16-15-35-24(30-23(33)21-9-4-10-34-21)31(16)14-18-6-2-7-19(11-18)22(32)29-13-17-5-3-8-20(12-17)25(26,27)28/h2-12,15H,13-14H2,1H3,(H,29,32). The number of aryl methyl sites for hydroxylation is 1. The van der Waals surface area contributed by atoms with E-state index in [0.717, 1.165) is 23.4 Å². The molecule has 2 aromatic heterocycles. The molecule has 0 atom stereocenters. The van der Waals surface area contributed by atoms with E-state index in [1.54, 1.807) is 24.3 Å². The monoisotopic (exact) mass is 499 g/mol. The summed E-state index contributed by atoms with van der Waals surface area (Å²) in [7, 11) is 0. The van der Waals surface area contributed by atoms with E-state index in [-0.39, 0.29) is 12.3 Å². The van der Waals surface area contributed by atoms with Crippen molar-refractivity contribution >= 4 is 23.2 Å². The van der Waals surface area contributed by atoms with Crippen molar-refractivity contribution in [2.75, 3.05) is 0 Å². The Kier molecular flexibility index (Phi) is 7.02. The van der Waals surface area contributed by atoms with Crippen molar-refractivity contribution in [1.29, 1.82) is 0 Å². The highest BCUT2D eigenvalue weighted by atomic mass is 32.1. The molecule has 35 heavy (non-hydrogen) atoms. The predicted octanol–water partition coefficient (Wildman–Crippen LogP) is 5.19. The molecule has 0 bridgehead atoms. The molecule has 0 unspecified atom stereocenters. The molecule has 1 N–H and O–H groups in total. The quantitative estimate of drug-likeness (QED) is 0.397. The van der Waals surface area contributed by atoms with Crippen LogP contribution >= 0.6 is 11.3 Å². The van der Waals surface area contributed by atoms with Crippen LogP contribution in [0.5, 0.6) is 0 Å². The summed E-state index contributed by atoms with van der Waals surface area (Å²) in [5, 5.41) is 4.53. The van der Waals surface area contributed by atoms with Gasteiger partial charge in [-0.15, -0.1) is 11.3 Å². The third-order valence-electron chi connectivity index (χ3n) is 5.16. The van der Waals surface area contributed by atoms with Gasteiger partial charge in [-0.2, -0.15) is 18.2 Å². The molecular formula is C25H20F3N3O3S. The lowest BCUT2D eigenvalue weighted by Crippen LogP contribution is -2.23. The average molecular weight is 500 g/mol. The number of hydrogen-bond acceptors (Lipinski definition) is 4. The Bertz CT molecular complexity index is 1420. The first-order valence-electron chi connectivity index (χ1n) is 10.5. The Morgan fingerprint density at radius 1 is 1.06 bits per heavy atom. The number of aromatic nitrogens is 1. The minimum absolute atomic E-state index is 0.0384. The van der Waals surface area contributed by atoms with Gasteiger partial charge in [0.15, 0.2) is 10.6 Å². The maximum Gasteiger partial charge on any atom is 0.416 e. The van der Waals surface area contributed by atoms with E-state index in [2.05, 4.69) is 10.3 Å². The van der Waals surface area contributed by atoms with Crippen LogP contribution in [0.3, 0.4) is 0 Å². The fourth-order valence-electron chi connectivity index (χ4n) is 3.37. The summed E-state index contributed by atoms with van der Waals surface area (Å²) < 4.78 is 45.7. The molecule has 2 amide bonds. The first-order chi connectivity index (χ1) is 16.7. The number of nitrogens with one attached hydrogen (secondary N) is 1. The molecule has 4 rings (SSSR count). The molecule has 0 spiro atoms. The van der Waals surface area contributed by atoms with Crippen molar-refractivity contribution in [2.45, 2.75) is 26.2 Å². The highest BCUT2D eigenvalue weighted by Crippen LogP contribution is 2.29. The van der Waals surface area contributed by atoms with Crippen molar-refractivity contribution in [1.82, 2.24) is 9.88 Å². The SMILES string of the molecule is Cc1csc(=NC(=O)c2ccco2)n1Cc1cccc(C(=O)NCc2cccc(C(F)(F)F)c2)c1. The summed E-state index contributed by atoms with van der Waals surface area (Å²) in [5.41, 5.74) is 1.64. The Hall–Kier alpha value is -3.92. The lowest BCUT2D eigenvalue weighted by molar-refractivity contribution is -0.137. The molecule has 0 saturated heterocycles. The molecule has 0 aliphatic heterocycles. The number of amides is 2. The topological polar surface area (TPSA) is 76.6 Å². The van der Waals surface area contributed by atoms with Crippen LogP contribution in [0.2, 0.25) is 0 Å². The van der Waals surface area contributed by atoms with Crippen molar-refractivity contribution < 1.29 is 27.2 Å². The van der Waals surface area contributed by atoms with E-state index in [9.17, 15) is 22.8 Å². The third-order valence-corrected chi connectivity index (χ3v) is 6.14. The average Bonchev–Trinajstić information content (AvgIpc) is 3.49. The van der Waals surface area contributed by atoms with E-state index in [1.807, 2.05) is 22.9 Å². The lowest BCUT2D eigenvalue weighted by Gasteiger charge is -2.11. The fraction of sp³-hybridized carbons (Fsp3) is 0.160. The van der Waals surface area contributed by atoms with Crippen molar-refractivity contribution in [3.63, 3.8) is 0 Å². The molecule has 0 aliphatic rings. The maximum absolute atomic E-state index is 12.9. The predicted molar refractivity (Wildman–Crippen MR) is 124 cm³/mol. The number of alkyl halides is 3. The summed E-state index contributed by atoms with van der Waals surface area (Å²) in [6, 6.07) is 14.9. The largest absolute Gasteiger partial charge is 0.459 e. The van der Waals surface area contributed by atoms with Crippen LogP contribution in [0.4, 0.5) is 13.2 Å². The Morgan fingerprint density at radius 3 is 2.57 bits per heavy atom. The third kappa shape index (κ3) is 5.96. The summed E-state index contributed by atoms with van der Waals surface area (Å²) in [6.07, 6.45) is -3.04. The van der Waals surface area contributed by atoms with Gasteiger partial charge in [0.2, 0.25) is 0 Å². The molecule has 2 aromatic carbocycles. The maximum atomic E-state index is 12.9. The van der Waals surface area contributed by atoms with Gasteiger partial charge in [0.25, 0.3) is 5.91 Å². The normalized spacial score (nSPS) is 12.1. The Balaban J connectivity index is 1.48. The first-order valence-corrected chi connectivity index (χ1v) is 11.4. The molecule has 4 aromatic rings. The molecule has 6 nitrogen and oxygen atoms in total. The summed E-state index contributed by atoms with van der Waals surface area (Å²) in [5.74, 6) is -0.760. The number of benzene rings is 2. The van der Waals surface area contributed by atoms with Crippen molar-refractivity contribution in [3.8, 4) is 0 Å². The number of hydrogen-bond donors (Lipinski definition) is 1. The number of nitrogens with zero attached hydrogens (tertiary/aromatic N) is 2. The summed E-state index contributed by atoms with van der Waals surface area (Å²) >= 11 is 1.31. The van der Waals surface area contributed by atoms with E-state index in [0.29, 0.717) is 22.5 Å². The van der Waals surface area contributed by atoms with Crippen LogP contribution in [0.15, 0.2) is 81.7 Å². The van der Waals surface area contributed by atoms with Gasteiger partial charge < -0.3 is 14.3 Å². The van der Waals surface area contributed by atoms with E-state index in [1.165, 1.54) is 35.8 Å². The van der Waals surface area contributed by atoms with Crippen LogP contribution in [0, 0.1) is 6.92 Å². The van der Waals surface area contributed by atoms with E-state index < -0.39 is 23.6 Å². The lowest BCUT2D eigenvalue weighted by atomic mass is 10.1. The van der Waals surface area contributed by atoms with E-state index in [4.69, 9.17) is 4.42 Å². The van der Waals surface area contributed by atoms with Crippen LogP contribution in [-0.4, -0.2) is 16.4 Å². The number of rotatable bonds is 6. The van der Waals surface area contributed by atoms with Crippen LogP contribution < -0.4 is 10.1 Å². The van der Waals surface area contributed by atoms with Gasteiger partial charge in [-0.1, -0.05) is 24.3 Å². The van der Waals surface area contributed by atoms with Gasteiger partial charge >= 0.3 is 12.1 Å². The number of carbonyl (C=O) groups excluding carboxylic acids is 2. The fourth-order valence-corrected chi connectivity index (χ4v) is 4.25. The second-order valence-electron chi connectivity index (χ2n) is 7.72. The smallest absolute Gasteiger partial charge is 0.416 e. The zero-order chi connectivity index (χ0) is 25.0. The molecule has 2 heterocycles.